The maximum absolute atomic E-state index is 13.5. The molecule has 0 radical (unpaired) electrons. The molecule has 0 aliphatic carbocycles. The Bertz CT molecular complexity index is 651. The average Bonchev–Trinajstić information content (AvgIpc) is 2.32. The van der Waals surface area contributed by atoms with E-state index in [4.69, 9.17) is 5.11 Å². The number of aliphatic carboxylic acids is 1. The molecule has 2 aromatic rings. The zero-order chi connectivity index (χ0) is 13.1. The monoisotopic (exact) mass is 250 g/mol. The number of carbonyl (C=O) groups is 1. The highest BCUT2D eigenvalue weighted by Gasteiger charge is 2.10. The van der Waals surface area contributed by atoms with Crippen LogP contribution in [0.2, 0.25) is 0 Å². The minimum atomic E-state index is -0.894. The smallest absolute Gasteiger partial charge is 0.303 e. The molecular weight excluding hydrogens is 239 g/mol. The molecule has 6 heteroatoms. The molecule has 94 valence electrons. The van der Waals surface area contributed by atoms with Crippen LogP contribution in [0.25, 0.3) is 10.8 Å². The van der Waals surface area contributed by atoms with Gasteiger partial charge in [-0.2, -0.15) is 5.10 Å². The van der Waals surface area contributed by atoms with E-state index in [1.54, 1.807) is 6.07 Å². The van der Waals surface area contributed by atoms with Gasteiger partial charge in [-0.15, -0.1) is 0 Å². The lowest BCUT2D eigenvalue weighted by molar-refractivity contribution is -0.137. The molecule has 0 amide bonds. The van der Waals surface area contributed by atoms with E-state index in [0.717, 1.165) is 0 Å². The van der Waals surface area contributed by atoms with Gasteiger partial charge in [0.1, 0.15) is 5.82 Å². The Morgan fingerprint density at radius 1 is 1.44 bits per heavy atom. The molecule has 0 unspecified atom stereocenters. The number of hydrogen-bond acceptors (Lipinski definition) is 3. The van der Waals surface area contributed by atoms with Gasteiger partial charge in [0, 0.05) is 11.8 Å². The first kappa shape index (κ1) is 12.2. The first-order chi connectivity index (χ1) is 8.59. The summed E-state index contributed by atoms with van der Waals surface area (Å²) < 4.78 is 13.5. The Hall–Kier alpha value is -2.24. The third-order valence-electron chi connectivity index (χ3n) is 2.65. The predicted octanol–water partition coefficient (Wildman–Crippen LogP) is 1.47. The number of halogens is 1. The molecule has 2 N–H and O–H groups in total. The summed E-state index contributed by atoms with van der Waals surface area (Å²) in [6.07, 6.45) is 0.778. The normalized spacial score (nSPS) is 10.7. The number of nitrogens with zero attached hydrogens (tertiary/aromatic N) is 1. The van der Waals surface area contributed by atoms with Gasteiger partial charge in [0.05, 0.1) is 11.1 Å². The molecule has 1 aromatic heterocycles. The fourth-order valence-corrected chi connectivity index (χ4v) is 1.83. The maximum atomic E-state index is 13.5. The number of carboxylic acids is 1. The summed E-state index contributed by atoms with van der Waals surface area (Å²) in [7, 11) is 0. The zero-order valence-corrected chi connectivity index (χ0v) is 9.44. The number of aryl methyl sites for hydroxylation is 1. The number of aromatic amines is 1. The van der Waals surface area contributed by atoms with E-state index in [1.807, 2.05) is 0 Å². The van der Waals surface area contributed by atoms with Crippen LogP contribution in [0.4, 0.5) is 4.39 Å². The third kappa shape index (κ3) is 2.37. The lowest BCUT2D eigenvalue weighted by Crippen LogP contribution is -2.12. The summed E-state index contributed by atoms with van der Waals surface area (Å²) in [5.74, 6) is -1.49. The van der Waals surface area contributed by atoms with Gasteiger partial charge >= 0.3 is 5.97 Å². The Labute approximate surface area is 101 Å². The second-order valence-corrected chi connectivity index (χ2v) is 3.91. The number of hydrogen-bond donors (Lipinski definition) is 2. The summed E-state index contributed by atoms with van der Waals surface area (Å²) in [6, 6.07) is 4.31. The Morgan fingerprint density at radius 2 is 2.22 bits per heavy atom. The lowest BCUT2D eigenvalue weighted by Gasteiger charge is -2.04. The fourth-order valence-electron chi connectivity index (χ4n) is 1.83. The molecule has 5 nitrogen and oxygen atoms in total. The summed E-state index contributed by atoms with van der Waals surface area (Å²) in [4.78, 5) is 21.9. The number of H-pyrrole nitrogens is 1. The molecule has 0 fully saturated rings. The predicted molar refractivity (Wildman–Crippen MR) is 62.9 cm³/mol. The van der Waals surface area contributed by atoms with Crippen molar-refractivity contribution in [3.8, 4) is 0 Å². The largest absolute Gasteiger partial charge is 0.481 e. The van der Waals surface area contributed by atoms with Gasteiger partial charge in [0.25, 0.3) is 5.56 Å². The molecule has 0 bridgehead atoms. The molecule has 2 rings (SSSR count). The molecule has 0 atom stereocenters. The van der Waals surface area contributed by atoms with Gasteiger partial charge < -0.3 is 5.11 Å². The highest BCUT2D eigenvalue weighted by molar-refractivity contribution is 5.84. The van der Waals surface area contributed by atoms with Crippen LogP contribution in [0, 0.1) is 5.82 Å². The first-order valence-electron chi connectivity index (χ1n) is 5.47. The number of nitrogens with one attached hydrogen (secondary N) is 1. The molecule has 1 aromatic carbocycles. The minimum absolute atomic E-state index is 0.0115. The Morgan fingerprint density at radius 3 is 2.94 bits per heavy atom. The molecule has 1 heterocycles. The van der Waals surface area contributed by atoms with Crippen LogP contribution >= 0.6 is 0 Å². The standard InChI is InChI=1S/C12H11FN2O3/c13-8-4-1-3-7-9(5-2-6-10(16)17)14-15-12(18)11(7)8/h1,3-4H,2,5-6H2,(H,15,18)(H,16,17). The second kappa shape index (κ2) is 4.95. The maximum Gasteiger partial charge on any atom is 0.303 e. The van der Waals surface area contributed by atoms with Crippen LogP contribution < -0.4 is 5.56 Å². The number of rotatable bonds is 4. The minimum Gasteiger partial charge on any atom is -0.481 e. The second-order valence-electron chi connectivity index (χ2n) is 3.91. The third-order valence-corrected chi connectivity index (χ3v) is 2.65. The van der Waals surface area contributed by atoms with Crippen molar-refractivity contribution in [2.75, 3.05) is 0 Å². The van der Waals surface area contributed by atoms with Crippen LogP contribution in [0.3, 0.4) is 0 Å². The summed E-state index contributed by atoms with van der Waals surface area (Å²) in [5, 5.41) is 15.0. The van der Waals surface area contributed by atoms with Gasteiger partial charge in [0.2, 0.25) is 0 Å². The van der Waals surface area contributed by atoms with E-state index >= 15 is 0 Å². The van der Waals surface area contributed by atoms with E-state index in [1.165, 1.54) is 12.1 Å². The van der Waals surface area contributed by atoms with E-state index in [2.05, 4.69) is 10.2 Å². The van der Waals surface area contributed by atoms with E-state index < -0.39 is 17.3 Å². The molecule has 0 saturated heterocycles. The topological polar surface area (TPSA) is 83.0 Å². The van der Waals surface area contributed by atoms with Crippen molar-refractivity contribution >= 4 is 16.7 Å². The van der Waals surface area contributed by atoms with Crippen molar-refractivity contribution in [2.24, 2.45) is 0 Å². The molecule has 0 aliphatic heterocycles. The van der Waals surface area contributed by atoms with Gasteiger partial charge in [0.15, 0.2) is 0 Å². The lowest BCUT2D eigenvalue weighted by atomic mass is 10.1. The molecule has 0 saturated carbocycles. The van der Waals surface area contributed by atoms with Crippen LogP contribution in [0.15, 0.2) is 23.0 Å². The Kier molecular flexibility index (Phi) is 3.36. The highest BCUT2D eigenvalue weighted by atomic mass is 19.1. The SMILES string of the molecule is O=C(O)CCCc1n[nH]c(=O)c2c(F)cccc12. The van der Waals surface area contributed by atoms with Crippen molar-refractivity contribution in [3.05, 3.63) is 40.1 Å². The van der Waals surface area contributed by atoms with E-state index in [9.17, 15) is 14.0 Å². The van der Waals surface area contributed by atoms with E-state index in [0.29, 0.717) is 23.9 Å². The molecule has 0 spiro atoms. The Balaban J connectivity index is 2.40. The quantitative estimate of drug-likeness (QED) is 0.860. The molecule has 18 heavy (non-hydrogen) atoms. The average molecular weight is 250 g/mol. The van der Waals surface area contributed by atoms with Gasteiger partial charge in [-0.25, -0.2) is 9.49 Å². The van der Waals surface area contributed by atoms with Gasteiger partial charge in [-0.05, 0) is 18.9 Å². The summed E-state index contributed by atoms with van der Waals surface area (Å²) in [5.41, 5.74) is -0.0737. The zero-order valence-electron chi connectivity index (χ0n) is 9.44. The summed E-state index contributed by atoms with van der Waals surface area (Å²) in [6.45, 7) is 0. The van der Waals surface area contributed by atoms with Crippen LogP contribution in [0.5, 0.6) is 0 Å². The van der Waals surface area contributed by atoms with Gasteiger partial charge in [-0.1, -0.05) is 12.1 Å². The van der Waals surface area contributed by atoms with Crippen molar-refractivity contribution in [1.29, 1.82) is 0 Å². The summed E-state index contributed by atoms with van der Waals surface area (Å²) >= 11 is 0. The number of benzene rings is 1. The van der Waals surface area contributed by atoms with Crippen molar-refractivity contribution in [1.82, 2.24) is 10.2 Å². The number of fused-ring (bicyclic) bond motifs is 1. The number of carboxylic acid groups (broad SMARTS) is 1. The highest BCUT2D eigenvalue weighted by Crippen LogP contribution is 2.17. The van der Waals surface area contributed by atoms with Crippen LogP contribution in [0.1, 0.15) is 18.5 Å². The van der Waals surface area contributed by atoms with Crippen molar-refractivity contribution in [3.63, 3.8) is 0 Å². The van der Waals surface area contributed by atoms with Gasteiger partial charge in [-0.3, -0.25) is 9.59 Å². The van der Waals surface area contributed by atoms with Crippen molar-refractivity contribution < 1.29 is 14.3 Å². The van der Waals surface area contributed by atoms with Crippen molar-refractivity contribution in [2.45, 2.75) is 19.3 Å². The van der Waals surface area contributed by atoms with Crippen LogP contribution in [-0.2, 0) is 11.2 Å². The fraction of sp³-hybridized carbons (Fsp3) is 0.250. The number of aromatic nitrogens is 2. The first-order valence-corrected chi connectivity index (χ1v) is 5.47. The molecule has 0 aliphatic rings. The van der Waals surface area contributed by atoms with Crippen LogP contribution in [-0.4, -0.2) is 21.3 Å². The molecular formula is C12H11FN2O3. The van der Waals surface area contributed by atoms with E-state index in [-0.39, 0.29) is 11.8 Å².